The lowest BCUT2D eigenvalue weighted by atomic mass is 9.96. The zero-order valence-corrected chi connectivity index (χ0v) is 8.69. The van der Waals surface area contributed by atoms with E-state index in [1.54, 1.807) is 25.1 Å². The van der Waals surface area contributed by atoms with E-state index in [0.717, 1.165) is 0 Å². The summed E-state index contributed by atoms with van der Waals surface area (Å²) < 4.78 is 4.71. The molecule has 5 heteroatoms. The van der Waals surface area contributed by atoms with Crippen LogP contribution in [0.4, 0.5) is 5.69 Å². The largest absolute Gasteiger partial charge is 0.463 e. The molecule has 1 atom stereocenters. The average molecular weight is 221 g/mol. The maximum atomic E-state index is 11.6. The lowest BCUT2D eigenvalue weighted by Crippen LogP contribution is -2.43. The predicted octanol–water partition coefficient (Wildman–Crippen LogP) is 0.389. The molecule has 1 aliphatic heterocycles. The Morgan fingerprint density at radius 2 is 2.19 bits per heavy atom. The normalized spacial score (nSPS) is 22.5. The van der Waals surface area contributed by atoms with Crippen LogP contribution in [-0.4, -0.2) is 23.6 Å². The van der Waals surface area contributed by atoms with Crippen molar-refractivity contribution in [3.8, 4) is 0 Å². The van der Waals surface area contributed by atoms with E-state index in [1.165, 1.54) is 6.07 Å². The number of ether oxygens (including phenoxy) is 1. The summed E-state index contributed by atoms with van der Waals surface area (Å²) in [6.45, 7) is 1.72. The molecule has 1 amide bonds. The van der Waals surface area contributed by atoms with E-state index in [9.17, 15) is 14.7 Å². The molecule has 0 aromatic heterocycles. The molecule has 2 N–H and O–H groups in total. The second kappa shape index (κ2) is 3.61. The number of anilines is 1. The highest BCUT2D eigenvalue weighted by Crippen LogP contribution is 2.36. The van der Waals surface area contributed by atoms with Crippen LogP contribution in [0.2, 0.25) is 0 Å². The van der Waals surface area contributed by atoms with Gasteiger partial charge in [-0.3, -0.25) is 4.79 Å². The molecule has 0 saturated heterocycles. The molecule has 1 heterocycles. The number of fused-ring (bicyclic) bond motifs is 1. The van der Waals surface area contributed by atoms with Crippen LogP contribution >= 0.6 is 0 Å². The molecule has 0 radical (unpaired) electrons. The summed E-state index contributed by atoms with van der Waals surface area (Å²) in [6, 6.07) is 6.48. The first-order valence-electron chi connectivity index (χ1n) is 4.91. The van der Waals surface area contributed by atoms with E-state index in [0.29, 0.717) is 5.69 Å². The number of carbonyl (C=O) groups is 2. The number of rotatable bonds is 2. The number of aliphatic hydroxyl groups is 1. The van der Waals surface area contributed by atoms with E-state index in [1.807, 2.05) is 0 Å². The number of amides is 1. The number of benzene rings is 1. The topological polar surface area (TPSA) is 75.6 Å². The predicted molar refractivity (Wildman–Crippen MR) is 55.6 cm³/mol. The van der Waals surface area contributed by atoms with Crippen LogP contribution < -0.4 is 5.32 Å². The lowest BCUT2D eigenvalue weighted by Gasteiger charge is -2.18. The van der Waals surface area contributed by atoms with Crippen LogP contribution in [0.5, 0.6) is 0 Å². The molecule has 5 nitrogen and oxygen atoms in total. The molecule has 1 aliphatic rings. The fraction of sp³-hybridized carbons (Fsp3) is 0.273. The van der Waals surface area contributed by atoms with Crippen molar-refractivity contribution < 1.29 is 19.4 Å². The SMILES string of the molecule is CCOC(=O)C1(O)C(=O)Nc2ccccc21. The van der Waals surface area contributed by atoms with Crippen molar-refractivity contribution in [2.24, 2.45) is 0 Å². The zero-order valence-electron chi connectivity index (χ0n) is 8.69. The molecule has 0 saturated carbocycles. The maximum absolute atomic E-state index is 11.6. The highest BCUT2D eigenvalue weighted by molar-refractivity contribution is 6.17. The number of hydrogen-bond donors (Lipinski definition) is 2. The van der Waals surface area contributed by atoms with E-state index < -0.39 is 17.5 Å². The Morgan fingerprint density at radius 1 is 1.50 bits per heavy atom. The lowest BCUT2D eigenvalue weighted by molar-refractivity contribution is -0.169. The van der Waals surface area contributed by atoms with E-state index >= 15 is 0 Å². The number of hydrogen-bond acceptors (Lipinski definition) is 4. The first-order chi connectivity index (χ1) is 7.60. The Bertz CT molecular complexity index is 457. The van der Waals surface area contributed by atoms with Crippen LogP contribution in [0.3, 0.4) is 0 Å². The molecule has 1 aromatic rings. The summed E-state index contributed by atoms with van der Waals surface area (Å²) in [4.78, 5) is 23.2. The van der Waals surface area contributed by atoms with Gasteiger partial charge in [-0.05, 0) is 13.0 Å². The van der Waals surface area contributed by atoms with Gasteiger partial charge in [-0.1, -0.05) is 18.2 Å². The standard InChI is InChI=1S/C11H11NO4/c1-2-16-10(14)11(15)7-5-3-4-6-8(7)12-9(11)13/h3-6,15H,2H2,1H3,(H,12,13). The van der Waals surface area contributed by atoms with Crippen LogP contribution in [-0.2, 0) is 19.9 Å². The van der Waals surface area contributed by atoms with Gasteiger partial charge in [0.1, 0.15) is 0 Å². The highest BCUT2D eigenvalue weighted by atomic mass is 16.5. The summed E-state index contributed by atoms with van der Waals surface area (Å²) in [7, 11) is 0. The third kappa shape index (κ3) is 1.29. The van der Waals surface area contributed by atoms with Crippen molar-refractivity contribution in [1.29, 1.82) is 0 Å². The Labute approximate surface area is 92.0 Å². The molecule has 84 valence electrons. The van der Waals surface area contributed by atoms with Crippen molar-refractivity contribution in [3.63, 3.8) is 0 Å². The maximum Gasteiger partial charge on any atom is 0.353 e. The third-order valence-corrected chi connectivity index (χ3v) is 2.46. The Kier molecular flexibility index (Phi) is 2.40. The minimum Gasteiger partial charge on any atom is -0.463 e. The van der Waals surface area contributed by atoms with Gasteiger partial charge in [-0.25, -0.2) is 4.79 Å². The van der Waals surface area contributed by atoms with Crippen LogP contribution in [0, 0.1) is 0 Å². The highest BCUT2D eigenvalue weighted by Gasteiger charge is 2.53. The van der Waals surface area contributed by atoms with E-state index in [-0.39, 0.29) is 12.2 Å². The number of para-hydroxylation sites is 1. The van der Waals surface area contributed by atoms with Crippen molar-refractivity contribution in [2.75, 3.05) is 11.9 Å². The molecule has 2 rings (SSSR count). The second-order valence-electron chi connectivity index (χ2n) is 3.43. The van der Waals surface area contributed by atoms with Gasteiger partial charge in [0.05, 0.1) is 6.61 Å². The smallest absolute Gasteiger partial charge is 0.353 e. The van der Waals surface area contributed by atoms with Gasteiger partial charge in [-0.2, -0.15) is 0 Å². The van der Waals surface area contributed by atoms with Gasteiger partial charge < -0.3 is 15.2 Å². The molecule has 0 fully saturated rings. The van der Waals surface area contributed by atoms with Gasteiger partial charge >= 0.3 is 5.97 Å². The summed E-state index contributed by atoms with van der Waals surface area (Å²) in [5.41, 5.74) is -1.55. The van der Waals surface area contributed by atoms with Crippen molar-refractivity contribution in [3.05, 3.63) is 29.8 Å². The number of carbonyl (C=O) groups excluding carboxylic acids is 2. The number of nitrogens with one attached hydrogen (secondary N) is 1. The fourth-order valence-electron chi connectivity index (χ4n) is 1.68. The molecule has 0 aliphatic carbocycles. The number of esters is 1. The van der Waals surface area contributed by atoms with E-state index in [2.05, 4.69) is 5.32 Å². The van der Waals surface area contributed by atoms with Crippen LogP contribution in [0.25, 0.3) is 0 Å². The Morgan fingerprint density at radius 3 is 2.88 bits per heavy atom. The second-order valence-corrected chi connectivity index (χ2v) is 3.43. The molecular formula is C11H11NO4. The quantitative estimate of drug-likeness (QED) is 0.559. The Balaban J connectivity index is 2.48. The molecule has 1 aromatic carbocycles. The minimum absolute atomic E-state index is 0.108. The van der Waals surface area contributed by atoms with E-state index in [4.69, 9.17) is 4.74 Å². The first kappa shape index (κ1) is 10.6. The zero-order chi connectivity index (χ0) is 11.8. The van der Waals surface area contributed by atoms with Gasteiger partial charge in [0.25, 0.3) is 11.5 Å². The summed E-state index contributed by atoms with van der Waals surface area (Å²) in [5.74, 6) is -1.72. The summed E-state index contributed by atoms with van der Waals surface area (Å²) >= 11 is 0. The molecule has 0 spiro atoms. The van der Waals surface area contributed by atoms with Gasteiger partial charge in [-0.15, -0.1) is 0 Å². The van der Waals surface area contributed by atoms with Crippen molar-refractivity contribution >= 4 is 17.6 Å². The minimum atomic E-state index is -2.22. The fourth-order valence-corrected chi connectivity index (χ4v) is 1.68. The molecule has 16 heavy (non-hydrogen) atoms. The summed E-state index contributed by atoms with van der Waals surface area (Å²) in [6.07, 6.45) is 0. The summed E-state index contributed by atoms with van der Waals surface area (Å²) in [5, 5.41) is 12.6. The molecule has 0 bridgehead atoms. The molecule has 1 unspecified atom stereocenters. The van der Waals surface area contributed by atoms with Crippen LogP contribution in [0.15, 0.2) is 24.3 Å². The first-order valence-corrected chi connectivity index (χ1v) is 4.91. The van der Waals surface area contributed by atoms with Crippen molar-refractivity contribution in [2.45, 2.75) is 12.5 Å². The molecular weight excluding hydrogens is 210 g/mol. The average Bonchev–Trinajstić information content (AvgIpc) is 2.53. The van der Waals surface area contributed by atoms with Gasteiger partial charge in [0.15, 0.2) is 0 Å². The third-order valence-electron chi connectivity index (χ3n) is 2.46. The monoisotopic (exact) mass is 221 g/mol. The van der Waals surface area contributed by atoms with Gasteiger partial charge in [0, 0.05) is 11.3 Å². The van der Waals surface area contributed by atoms with Crippen LogP contribution in [0.1, 0.15) is 12.5 Å². The van der Waals surface area contributed by atoms with Gasteiger partial charge in [0.2, 0.25) is 0 Å². The Hall–Kier alpha value is -1.88. The van der Waals surface area contributed by atoms with Crippen molar-refractivity contribution in [1.82, 2.24) is 0 Å².